The molecule has 16 heavy (non-hydrogen) atoms. The van der Waals surface area contributed by atoms with Crippen LogP contribution in [0.2, 0.25) is 0 Å². The van der Waals surface area contributed by atoms with Crippen molar-refractivity contribution in [3.63, 3.8) is 0 Å². The number of aryl methyl sites for hydroxylation is 2. The lowest BCUT2D eigenvalue weighted by Gasteiger charge is -2.00. The fraction of sp³-hybridized carbons (Fsp3) is 0.273. The maximum Gasteiger partial charge on any atom is 0.359 e. The number of hydrogen-bond acceptors (Lipinski definition) is 4. The Balaban J connectivity index is 2.05. The summed E-state index contributed by atoms with van der Waals surface area (Å²) in [6.07, 6.45) is 0.853. The molecule has 0 unspecified atom stereocenters. The molecule has 0 atom stereocenters. The highest BCUT2D eigenvalue weighted by Crippen LogP contribution is 2.08. The molecule has 0 aliphatic heterocycles. The average Bonchev–Trinajstić information content (AvgIpc) is 2.69. The molecule has 0 fully saturated rings. The number of nitrogens with one attached hydrogen (secondary N) is 1. The second-order valence-corrected chi connectivity index (χ2v) is 4.39. The molecule has 2 aromatic rings. The summed E-state index contributed by atoms with van der Waals surface area (Å²) >= 11 is 1.36. The van der Waals surface area contributed by atoms with Crippen molar-refractivity contribution in [3.8, 4) is 0 Å². The van der Waals surface area contributed by atoms with E-state index in [1.807, 2.05) is 18.2 Å². The van der Waals surface area contributed by atoms with E-state index >= 15 is 0 Å². The minimum absolute atomic E-state index is 0.176. The van der Waals surface area contributed by atoms with Gasteiger partial charge in [0.2, 0.25) is 5.13 Å². The maximum atomic E-state index is 11.4. The summed E-state index contributed by atoms with van der Waals surface area (Å²) in [4.78, 5) is 15.3. The van der Waals surface area contributed by atoms with Crippen LogP contribution < -0.4 is 11.0 Å². The predicted octanol–water partition coefficient (Wildman–Crippen LogP) is 1.59. The molecule has 1 aromatic carbocycles. The van der Waals surface area contributed by atoms with Gasteiger partial charge in [-0.2, -0.15) is 4.98 Å². The summed E-state index contributed by atoms with van der Waals surface area (Å²) in [5.74, 6) is 0. The smallest absolute Gasteiger partial charge is 0.359 e. The lowest BCUT2D eigenvalue weighted by molar-refractivity contribution is 0.719. The monoisotopic (exact) mass is 235 g/mol. The molecule has 84 valence electrons. The highest BCUT2D eigenvalue weighted by molar-refractivity contribution is 7.10. The van der Waals surface area contributed by atoms with Crippen LogP contribution >= 0.6 is 11.5 Å². The average molecular weight is 235 g/mol. The van der Waals surface area contributed by atoms with Crippen molar-refractivity contribution in [2.75, 3.05) is 12.4 Å². The lowest BCUT2D eigenvalue weighted by atomic mass is 10.2. The van der Waals surface area contributed by atoms with E-state index in [2.05, 4.69) is 22.4 Å². The minimum atomic E-state index is -0.176. The highest BCUT2D eigenvalue weighted by Gasteiger charge is 2.03. The van der Waals surface area contributed by atoms with E-state index < -0.39 is 0 Å². The molecule has 0 aliphatic carbocycles. The molecule has 0 bridgehead atoms. The fourth-order valence-electron chi connectivity index (χ4n) is 1.42. The van der Waals surface area contributed by atoms with Crippen LogP contribution in [0.5, 0.6) is 0 Å². The van der Waals surface area contributed by atoms with E-state index in [0.717, 1.165) is 6.42 Å². The lowest BCUT2D eigenvalue weighted by Crippen LogP contribution is -2.16. The van der Waals surface area contributed by atoms with Gasteiger partial charge >= 0.3 is 5.69 Å². The van der Waals surface area contributed by atoms with Gasteiger partial charge in [0.05, 0.1) is 0 Å². The first-order chi connectivity index (χ1) is 7.79. The van der Waals surface area contributed by atoms with Gasteiger partial charge in [0, 0.05) is 13.6 Å². The Kier molecular flexibility index (Phi) is 3.36. The quantitative estimate of drug-likeness (QED) is 0.875. The Morgan fingerprint density at radius 3 is 2.75 bits per heavy atom. The molecule has 0 saturated carbocycles. The molecule has 1 aromatic heterocycles. The molecular weight excluding hydrogens is 222 g/mol. The molecule has 2 rings (SSSR count). The van der Waals surface area contributed by atoms with E-state index in [1.165, 1.54) is 17.1 Å². The molecule has 1 heterocycles. The van der Waals surface area contributed by atoms with E-state index in [9.17, 15) is 4.79 Å². The van der Waals surface area contributed by atoms with E-state index in [-0.39, 0.29) is 5.69 Å². The maximum absolute atomic E-state index is 11.4. The number of benzene rings is 1. The van der Waals surface area contributed by atoms with Gasteiger partial charge in [-0.15, -0.1) is 0 Å². The van der Waals surface area contributed by atoms with E-state index in [4.69, 9.17) is 0 Å². The third-order valence-electron chi connectivity index (χ3n) is 2.27. The van der Waals surface area contributed by atoms with Crippen LogP contribution in [0, 0.1) is 0 Å². The van der Waals surface area contributed by atoms with Gasteiger partial charge in [-0.25, -0.2) is 8.75 Å². The van der Waals surface area contributed by atoms with Crippen LogP contribution in [0.4, 0.5) is 5.13 Å². The number of hydrogen-bond donors (Lipinski definition) is 1. The van der Waals surface area contributed by atoms with Gasteiger partial charge in [-0.05, 0) is 23.5 Å². The summed E-state index contributed by atoms with van der Waals surface area (Å²) in [7, 11) is 1.76. The van der Waals surface area contributed by atoms with Crippen LogP contribution in [0.25, 0.3) is 0 Å². The van der Waals surface area contributed by atoms with Gasteiger partial charge in [-0.3, -0.25) is 0 Å². The predicted molar refractivity (Wildman–Crippen MR) is 66.1 cm³/mol. The van der Waals surface area contributed by atoms with Crippen molar-refractivity contribution in [1.29, 1.82) is 0 Å². The largest absolute Gasteiger partial charge is 0.363 e. The van der Waals surface area contributed by atoms with Gasteiger partial charge < -0.3 is 5.32 Å². The highest BCUT2D eigenvalue weighted by atomic mass is 32.1. The summed E-state index contributed by atoms with van der Waals surface area (Å²) in [6, 6.07) is 10.1. The van der Waals surface area contributed by atoms with Crippen LogP contribution in [0.3, 0.4) is 0 Å². The van der Waals surface area contributed by atoms with Crippen LogP contribution in [-0.2, 0) is 13.0 Å². The van der Waals surface area contributed by atoms with Crippen molar-refractivity contribution < 1.29 is 0 Å². The number of anilines is 1. The molecule has 0 amide bonds. The van der Waals surface area contributed by atoms with Gasteiger partial charge in [0.1, 0.15) is 0 Å². The van der Waals surface area contributed by atoms with Crippen molar-refractivity contribution in [1.82, 2.24) is 8.94 Å². The third kappa shape index (κ3) is 2.49. The van der Waals surface area contributed by atoms with Crippen molar-refractivity contribution in [3.05, 3.63) is 46.4 Å². The Labute approximate surface area is 97.7 Å². The summed E-state index contributed by atoms with van der Waals surface area (Å²) in [6.45, 7) is 0.683. The van der Waals surface area contributed by atoms with Gasteiger partial charge in [0.15, 0.2) is 0 Å². The minimum Gasteiger partial charge on any atom is -0.363 e. The van der Waals surface area contributed by atoms with Crippen LogP contribution in [0.15, 0.2) is 35.1 Å². The Morgan fingerprint density at radius 1 is 1.38 bits per heavy atom. The number of rotatable bonds is 4. The first-order valence-electron chi connectivity index (χ1n) is 5.09. The van der Waals surface area contributed by atoms with Crippen molar-refractivity contribution >= 4 is 16.7 Å². The Morgan fingerprint density at radius 2 is 2.12 bits per heavy atom. The molecule has 0 saturated heterocycles. The summed E-state index contributed by atoms with van der Waals surface area (Å²) in [5.41, 5.74) is 1.05. The molecular formula is C11H13N3OS. The molecule has 0 radical (unpaired) electrons. The Bertz CT molecular complexity index is 503. The molecule has 1 N–H and O–H groups in total. The van der Waals surface area contributed by atoms with Gasteiger partial charge in [-0.1, -0.05) is 30.3 Å². The zero-order chi connectivity index (χ0) is 11.4. The standard InChI is InChI=1S/C11H13N3OS/c1-12-10-13-11(15)14(16-10)8-7-9-5-3-2-4-6-9/h2-6H,7-8H2,1H3,(H,12,13,15). The van der Waals surface area contributed by atoms with Crippen LogP contribution in [-0.4, -0.2) is 16.0 Å². The molecule has 4 nitrogen and oxygen atoms in total. The normalized spacial score (nSPS) is 10.3. The van der Waals surface area contributed by atoms with Crippen molar-refractivity contribution in [2.24, 2.45) is 0 Å². The van der Waals surface area contributed by atoms with E-state index in [0.29, 0.717) is 11.7 Å². The molecule has 0 spiro atoms. The molecule has 5 heteroatoms. The first kappa shape index (κ1) is 10.9. The topological polar surface area (TPSA) is 46.9 Å². The van der Waals surface area contributed by atoms with Crippen LogP contribution in [0.1, 0.15) is 5.56 Å². The second-order valence-electron chi connectivity index (χ2n) is 3.38. The summed E-state index contributed by atoms with van der Waals surface area (Å²) < 4.78 is 1.67. The Hall–Kier alpha value is -1.62. The summed E-state index contributed by atoms with van der Waals surface area (Å²) in [5, 5.41) is 3.54. The SMILES string of the molecule is CNc1nc(=O)n(CCc2ccccc2)s1. The van der Waals surface area contributed by atoms with E-state index in [1.54, 1.807) is 11.0 Å². The number of nitrogens with zero attached hydrogens (tertiary/aromatic N) is 2. The second kappa shape index (κ2) is 4.94. The zero-order valence-electron chi connectivity index (χ0n) is 9.01. The van der Waals surface area contributed by atoms with Crippen molar-refractivity contribution in [2.45, 2.75) is 13.0 Å². The fourth-order valence-corrected chi connectivity index (χ4v) is 2.15. The van der Waals surface area contributed by atoms with Gasteiger partial charge in [0.25, 0.3) is 0 Å². The third-order valence-corrected chi connectivity index (χ3v) is 3.29. The molecule has 0 aliphatic rings. The number of aromatic nitrogens is 2. The zero-order valence-corrected chi connectivity index (χ0v) is 9.83. The first-order valence-corrected chi connectivity index (χ1v) is 5.87.